The van der Waals surface area contributed by atoms with Crippen molar-refractivity contribution < 1.29 is 4.74 Å². The van der Waals surface area contributed by atoms with Gasteiger partial charge < -0.3 is 4.74 Å². The molecule has 0 spiro atoms. The third-order valence-corrected chi connectivity index (χ3v) is 4.50. The Hall–Kier alpha value is -1.28. The van der Waals surface area contributed by atoms with Crippen LogP contribution in [0.1, 0.15) is 49.5 Å². The molecule has 2 rings (SSSR count). The standard InChI is InChI=1S/C20H25BrO/c1-14(2)10-11-20(22-18-8-6-5-7-9-18)19-13-17(21)12-15(3)16(19)4/h5-9,12-14,20H,10-11H2,1-4H3. The van der Waals surface area contributed by atoms with E-state index >= 15 is 0 Å². The van der Waals surface area contributed by atoms with Gasteiger partial charge in [-0.25, -0.2) is 0 Å². The first-order valence-electron chi connectivity index (χ1n) is 7.95. The van der Waals surface area contributed by atoms with Gasteiger partial charge in [0.2, 0.25) is 0 Å². The van der Waals surface area contributed by atoms with E-state index in [1.165, 1.54) is 16.7 Å². The average Bonchev–Trinajstić information content (AvgIpc) is 2.48. The maximum absolute atomic E-state index is 6.32. The molecule has 22 heavy (non-hydrogen) atoms. The summed E-state index contributed by atoms with van der Waals surface area (Å²) in [4.78, 5) is 0. The molecule has 2 aromatic rings. The molecule has 1 atom stereocenters. The highest BCUT2D eigenvalue weighted by Crippen LogP contribution is 2.32. The van der Waals surface area contributed by atoms with Crippen molar-refractivity contribution in [2.24, 2.45) is 5.92 Å². The smallest absolute Gasteiger partial charge is 0.124 e. The van der Waals surface area contributed by atoms with Crippen molar-refractivity contribution in [3.63, 3.8) is 0 Å². The zero-order valence-electron chi connectivity index (χ0n) is 13.9. The molecule has 0 aliphatic heterocycles. The summed E-state index contributed by atoms with van der Waals surface area (Å²) < 4.78 is 7.44. The van der Waals surface area contributed by atoms with E-state index in [1.807, 2.05) is 30.3 Å². The monoisotopic (exact) mass is 360 g/mol. The van der Waals surface area contributed by atoms with Gasteiger partial charge in [-0.1, -0.05) is 48.0 Å². The molecule has 1 unspecified atom stereocenters. The van der Waals surface area contributed by atoms with Crippen molar-refractivity contribution in [2.45, 2.75) is 46.6 Å². The Balaban J connectivity index is 2.31. The van der Waals surface area contributed by atoms with Crippen molar-refractivity contribution in [3.05, 3.63) is 63.6 Å². The Bertz CT molecular complexity index is 605. The summed E-state index contributed by atoms with van der Waals surface area (Å²) in [5.74, 6) is 1.61. The van der Waals surface area contributed by atoms with E-state index in [-0.39, 0.29) is 6.10 Å². The van der Waals surface area contributed by atoms with Gasteiger partial charge >= 0.3 is 0 Å². The maximum atomic E-state index is 6.32. The lowest BCUT2D eigenvalue weighted by molar-refractivity contribution is 0.185. The Morgan fingerprint density at radius 2 is 1.68 bits per heavy atom. The Kier molecular flexibility index (Phi) is 6.07. The number of hydrogen-bond acceptors (Lipinski definition) is 1. The first-order chi connectivity index (χ1) is 10.5. The number of rotatable bonds is 6. The van der Waals surface area contributed by atoms with E-state index in [0.717, 1.165) is 23.1 Å². The fourth-order valence-corrected chi connectivity index (χ4v) is 3.19. The van der Waals surface area contributed by atoms with Crippen LogP contribution in [0.3, 0.4) is 0 Å². The third kappa shape index (κ3) is 4.61. The fourth-order valence-electron chi connectivity index (χ4n) is 2.60. The SMILES string of the molecule is Cc1cc(Br)cc(C(CCC(C)C)Oc2ccccc2)c1C. The molecule has 0 N–H and O–H groups in total. The van der Waals surface area contributed by atoms with Crippen LogP contribution in [0.15, 0.2) is 46.9 Å². The van der Waals surface area contributed by atoms with Gasteiger partial charge in [0.15, 0.2) is 0 Å². The molecule has 118 valence electrons. The second kappa shape index (κ2) is 7.82. The van der Waals surface area contributed by atoms with Crippen LogP contribution in [0.25, 0.3) is 0 Å². The molecule has 0 aliphatic carbocycles. The van der Waals surface area contributed by atoms with Gasteiger partial charge in [0.1, 0.15) is 11.9 Å². The minimum Gasteiger partial charge on any atom is -0.486 e. The summed E-state index contributed by atoms with van der Waals surface area (Å²) in [6.45, 7) is 8.87. The highest BCUT2D eigenvalue weighted by Gasteiger charge is 2.18. The number of aryl methyl sites for hydroxylation is 1. The lowest BCUT2D eigenvalue weighted by atomic mass is 9.94. The maximum Gasteiger partial charge on any atom is 0.124 e. The molecule has 0 saturated heterocycles. The Labute approximate surface area is 142 Å². The van der Waals surface area contributed by atoms with Gasteiger partial charge in [-0.2, -0.15) is 0 Å². The van der Waals surface area contributed by atoms with Gasteiger partial charge in [0, 0.05) is 4.47 Å². The van der Waals surface area contributed by atoms with Crippen LogP contribution in [-0.4, -0.2) is 0 Å². The van der Waals surface area contributed by atoms with Crippen molar-refractivity contribution in [1.82, 2.24) is 0 Å². The highest BCUT2D eigenvalue weighted by atomic mass is 79.9. The van der Waals surface area contributed by atoms with Gasteiger partial charge in [-0.15, -0.1) is 0 Å². The fraction of sp³-hybridized carbons (Fsp3) is 0.400. The molecule has 2 aromatic carbocycles. The molecule has 0 fully saturated rings. The van der Waals surface area contributed by atoms with E-state index in [0.29, 0.717) is 5.92 Å². The third-order valence-electron chi connectivity index (χ3n) is 4.05. The van der Waals surface area contributed by atoms with E-state index in [2.05, 4.69) is 55.8 Å². The largest absolute Gasteiger partial charge is 0.486 e. The van der Waals surface area contributed by atoms with E-state index in [9.17, 15) is 0 Å². The van der Waals surface area contributed by atoms with Crippen molar-refractivity contribution in [1.29, 1.82) is 0 Å². The van der Waals surface area contributed by atoms with Gasteiger partial charge in [-0.05, 0) is 73.6 Å². The van der Waals surface area contributed by atoms with E-state index < -0.39 is 0 Å². The summed E-state index contributed by atoms with van der Waals surface area (Å²) in [5.41, 5.74) is 3.92. The molecule has 0 bridgehead atoms. The predicted octanol–water partition coefficient (Wildman–Crippen LogP) is 6.62. The first kappa shape index (κ1) is 17.1. The van der Waals surface area contributed by atoms with Crippen molar-refractivity contribution >= 4 is 15.9 Å². The van der Waals surface area contributed by atoms with Crippen LogP contribution < -0.4 is 4.74 Å². The molecule has 1 nitrogen and oxygen atoms in total. The Morgan fingerprint density at radius 3 is 2.32 bits per heavy atom. The number of hydrogen-bond donors (Lipinski definition) is 0. The molecule has 0 aliphatic rings. The van der Waals surface area contributed by atoms with Crippen LogP contribution in [0.5, 0.6) is 5.75 Å². The molecule has 0 amide bonds. The quantitative estimate of drug-likeness (QED) is 0.562. The number of para-hydroxylation sites is 1. The van der Waals surface area contributed by atoms with Gasteiger partial charge in [0.25, 0.3) is 0 Å². The van der Waals surface area contributed by atoms with Crippen LogP contribution >= 0.6 is 15.9 Å². The van der Waals surface area contributed by atoms with E-state index in [4.69, 9.17) is 4.74 Å². The predicted molar refractivity (Wildman–Crippen MR) is 97.5 cm³/mol. The van der Waals surface area contributed by atoms with Crippen LogP contribution in [-0.2, 0) is 0 Å². The number of benzene rings is 2. The minimum absolute atomic E-state index is 0.0981. The molecular formula is C20H25BrO. The summed E-state index contributed by atoms with van der Waals surface area (Å²) >= 11 is 3.63. The Morgan fingerprint density at radius 1 is 1.00 bits per heavy atom. The van der Waals surface area contributed by atoms with Crippen LogP contribution in [0.2, 0.25) is 0 Å². The van der Waals surface area contributed by atoms with Crippen molar-refractivity contribution in [2.75, 3.05) is 0 Å². The second-order valence-electron chi connectivity index (χ2n) is 6.33. The first-order valence-corrected chi connectivity index (χ1v) is 8.75. The van der Waals surface area contributed by atoms with Crippen LogP contribution in [0, 0.1) is 19.8 Å². The summed E-state index contributed by atoms with van der Waals surface area (Å²) in [5, 5.41) is 0. The summed E-state index contributed by atoms with van der Waals surface area (Å²) in [7, 11) is 0. The minimum atomic E-state index is 0.0981. The molecule has 0 saturated carbocycles. The summed E-state index contributed by atoms with van der Waals surface area (Å²) in [6.07, 6.45) is 2.28. The van der Waals surface area contributed by atoms with Gasteiger partial charge in [-0.3, -0.25) is 0 Å². The summed E-state index contributed by atoms with van der Waals surface area (Å²) in [6, 6.07) is 14.5. The number of ether oxygens (including phenoxy) is 1. The van der Waals surface area contributed by atoms with Crippen molar-refractivity contribution in [3.8, 4) is 5.75 Å². The lowest BCUT2D eigenvalue weighted by Crippen LogP contribution is -2.11. The highest BCUT2D eigenvalue weighted by molar-refractivity contribution is 9.10. The molecular weight excluding hydrogens is 336 g/mol. The average molecular weight is 361 g/mol. The lowest BCUT2D eigenvalue weighted by Gasteiger charge is -2.23. The normalized spacial score (nSPS) is 12.5. The van der Waals surface area contributed by atoms with Gasteiger partial charge in [0.05, 0.1) is 0 Å². The molecule has 0 radical (unpaired) electrons. The molecule has 0 aromatic heterocycles. The van der Waals surface area contributed by atoms with Crippen LogP contribution in [0.4, 0.5) is 0 Å². The topological polar surface area (TPSA) is 9.23 Å². The van der Waals surface area contributed by atoms with E-state index in [1.54, 1.807) is 0 Å². The second-order valence-corrected chi connectivity index (χ2v) is 7.24. The molecule has 2 heteroatoms. The zero-order chi connectivity index (χ0) is 16.1. The molecule has 0 heterocycles. The number of halogens is 1. The zero-order valence-corrected chi connectivity index (χ0v) is 15.5.